The Bertz CT molecular complexity index is 1230. The van der Waals surface area contributed by atoms with Gasteiger partial charge in [0.15, 0.2) is 6.61 Å². The van der Waals surface area contributed by atoms with Crippen molar-refractivity contribution in [1.29, 1.82) is 0 Å². The van der Waals surface area contributed by atoms with Crippen LogP contribution in [0.15, 0.2) is 59.1 Å². The van der Waals surface area contributed by atoms with E-state index in [2.05, 4.69) is 21.2 Å². The van der Waals surface area contributed by atoms with Crippen molar-refractivity contribution >= 4 is 61.7 Å². The largest absolute Gasteiger partial charge is 0.483 e. The van der Waals surface area contributed by atoms with Crippen molar-refractivity contribution in [3.05, 3.63) is 74.7 Å². The molecule has 0 aromatic heterocycles. The second kappa shape index (κ2) is 12.3. The molecule has 0 spiro atoms. The summed E-state index contributed by atoms with van der Waals surface area (Å²) in [5, 5.41) is 6.09. The van der Waals surface area contributed by atoms with Crippen LogP contribution in [0, 0.1) is 0 Å². The molecule has 1 N–H and O–H groups in total. The first-order valence-corrected chi connectivity index (χ1v) is 13.8. The molecule has 0 bridgehead atoms. The van der Waals surface area contributed by atoms with Gasteiger partial charge in [-0.05, 0) is 64.2 Å². The Morgan fingerprint density at radius 1 is 1.06 bits per heavy atom. The zero-order valence-corrected chi connectivity index (χ0v) is 23.2. The van der Waals surface area contributed by atoms with Gasteiger partial charge in [-0.25, -0.2) is 0 Å². The maximum atomic E-state index is 13.6. The minimum absolute atomic E-state index is 0.107. The van der Waals surface area contributed by atoms with Crippen molar-refractivity contribution in [2.45, 2.75) is 57.7 Å². The van der Waals surface area contributed by atoms with Crippen molar-refractivity contribution < 1.29 is 14.3 Å². The Hall–Kier alpha value is -2.28. The molecule has 1 atom stereocenters. The highest BCUT2D eigenvalue weighted by Crippen LogP contribution is 2.33. The number of benzene rings is 3. The molecule has 1 saturated carbocycles. The van der Waals surface area contributed by atoms with Gasteiger partial charge in [0.25, 0.3) is 5.91 Å². The van der Waals surface area contributed by atoms with Gasteiger partial charge >= 0.3 is 0 Å². The molecule has 0 saturated heterocycles. The fraction of sp³-hybridized carbons (Fsp3) is 0.357. The normalized spacial score (nSPS) is 14.6. The van der Waals surface area contributed by atoms with Gasteiger partial charge in [0.05, 0.1) is 4.47 Å². The highest BCUT2D eigenvalue weighted by molar-refractivity contribution is 9.10. The number of rotatable bonds is 9. The van der Waals surface area contributed by atoms with Crippen molar-refractivity contribution in [3.8, 4) is 5.75 Å². The van der Waals surface area contributed by atoms with Crippen LogP contribution in [0.3, 0.4) is 0 Å². The summed E-state index contributed by atoms with van der Waals surface area (Å²) in [5.41, 5.74) is 0.605. The standard InChI is InChI=1S/C28H29BrCl2N2O3/c1-2-24(28(35)32-19-9-4-5-10-19)33(16-21-22(30)12-7-13-23(21)31)26(34)17-36-25-15-14-18-8-3-6-11-20(18)27(25)29/h3,6-8,11-15,19,24H,2,4-5,9-10,16-17H2,1H3,(H,32,35)/t24-/m0/s1. The number of carbonyl (C=O) groups excluding carboxylic acids is 2. The molecule has 3 aromatic rings. The van der Waals surface area contributed by atoms with Gasteiger partial charge in [-0.2, -0.15) is 0 Å². The monoisotopic (exact) mass is 590 g/mol. The zero-order valence-electron chi connectivity index (χ0n) is 20.1. The average molecular weight is 592 g/mol. The molecule has 1 aliphatic carbocycles. The van der Waals surface area contributed by atoms with Crippen LogP contribution in [0.4, 0.5) is 0 Å². The van der Waals surface area contributed by atoms with Crippen LogP contribution in [-0.4, -0.2) is 35.4 Å². The predicted molar refractivity (Wildman–Crippen MR) is 149 cm³/mol. The quantitative estimate of drug-likeness (QED) is 0.287. The Morgan fingerprint density at radius 2 is 1.75 bits per heavy atom. The van der Waals surface area contributed by atoms with Crippen molar-refractivity contribution in [2.75, 3.05) is 6.61 Å². The number of amides is 2. The number of carbonyl (C=O) groups is 2. The summed E-state index contributed by atoms with van der Waals surface area (Å²) in [6.07, 6.45) is 4.59. The molecule has 190 valence electrons. The first kappa shape index (κ1) is 26.8. The molecule has 4 rings (SSSR count). The molecule has 3 aromatic carbocycles. The maximum Gasteiger partial charge on any atom is 0.261 e. The lowest BCUT2D eigenvalue weighted by atomic mass is 10.1. The second-order valence-electron chi connectivity index (χ2n) is 9.02. The van der Waals surface area contributed by atoms with Crippen LogP contribution in [0.1, 0.15) is 44.6 Å². The van der Waals surface area contributed by atoms with Crippen LogP contribution in [0.2, 0.25) is 10.0 Å². The predicted octanol–water partition coefficient (Wildman–Crippen LogP) is 7.15. The number of nitrogens with one attached hydrogen (secondary N) is 1. The van der Waals surface area contributed by atoms with Gasteiger partial charge in [0.2, 0.25) is 5.91 Å². The molecule has 0 heterocycles. The van der Waals surface area contributed by atoms with Gasteiger partial charge in [-0.3, -0.25) is 9.59 Å². The highest BCUT2D eigenvalue weighted by atomic mass is 79.9. The minimum atomic E-state index is -0.672. The summed E-state index contributed by atoms with van der Waals surface area (Å²) in [5.74, 6) is 0.0773. The van der Waals surface area contributed by atoms with Gasteiger partial charge in [0.1, 0.15) is 11.8 Å². The topological polar surface area (TPSA) is 58.6 Å². The lowest BCUT2D eigenvalue weighted by Gasteiger charge is -2.32. The second-order valence-corrected chi connectivity index (χ2v) is 10.6. The van der Waals surface area contributed by atoms with Gasteiger partial charge < -0.3 is 15.0 Å². The van der Waals surface area contributed by atoms with Crippen LogP contribution in [0.5, 0.6) is 5.75 Å². The summed E-state index contributed by atoms with van der Waals surface area (Å²) < 4.78 is 6.74. The van der Waals surface area contributed by atoms with Crippen LogP contribution in [-0.2, 0) is 16.1 Å². The number of ether oxygens (including phenoxy) is 1. The molecule has 0 unspecified atom stereocenters. The first-order valence-electron chi connectivity index (χ1n) is 12.2. The summed E-state index contributed by atoms with van der Waals surface area (Å²) in [6, 6.07) is 16.4. The van der Waals surface area contributed by atoms with Gasteiger partial charge in [-0.1, -0.05) is 79.4 Å². The van der Waals surface area contributed by atoms with E-state index in [1.807, 2.05) is 43.3 Å². The lowest BCUT2D eigenvalue weighted by Crippen LogP contribution is -2.52. The van der Waals surface area contributed by atoms with E-state index < -0.39 is 6.04 Å². The van der Waals surface area contributed by atoms with Crippen LogP contribution in [0.25, 0.3) is 10.8 Å². The molecule has 1 fully saturated rings. The Kier molecular flexibility index (Phi) is 9.15. The summed E-state index contributed by atoms with van der Waals surface area (Å²) >= 11 is 16.5. The Balaban J connectivity index is 1.57. The molecule has 8 heteroatoms. The molecule has 36 heavy (non-hydrogen) atoms. The number of hydrogen-bond donors (Lipinski definition) is 1. The van der Waals surface area contributed by atoms with E-state index >= 15 is 0 Å². The Morgan fingerprint density at radius 3 is 2.44 bits per heavy atom. The van der Waals surface area contributed by atoms with E-state index in [9.17, 15) is 9.59 Å². The van der Waals surface area contributed by atoms with Crippen LogP contribution >= 0.6 is 39.1 Å². The average Bonchev–Trinajstić information content (AvgIpc) is 3.38. The molecule has 5 nitrogen and oxygen atoms in total. The van der Waals surface area contributed by atoms with Crippen LogP contribution < -0.4 is 10.1 Å². The van der Waals surface area contributed by atoms with Crippen molar-refractivity contribution in [1.82, 2.24) is 10.2 Å². The third kappa shape index (κ3) is 6.16. The number of nitrogens with zero attached hydrogens (tertiary/aromatic N) is 1. The molecular formula is C28H29BrCl2N2O3. The van der Waals surface area contributed by atoms with Gasteiger partial charge in [-0.15, -0.1) is 0 Å². The van der Waals surface area contributed by atoms with E-state index in [-0.39, 0.29) is 31.0 Å². The van der Waals surface area contributed by atoms with E-state index in [4.69, 9.17) is 27.9 Å². The third-order valence-corrected chi connectivity index (χ3v) is 8.18. The van der Waals surface area contributed by atoms with E-state index in [0.717, 1.165) is 40.9 Å². The van der Waals surface area contributed by atoms with E-state index in [1.165, 1.54) is 4.90 Å². The third-order valence-electron chi connectivity index (χ3n) is 6.66. The fourth-order valence-corrected chi connectivity index (χ4v) is 5.81. The summed E-state index contributed by atoms with van der Waals surface area (Å²) in [6.45, 7) is 1.77. The fourth-order valence-electron chi connectivity index (χ4n) is 4.69. The van der Waals surface area contributed by atoms with Gasteiger partial charge in [0, 0.05) is 28.2 Å². The molecule has 0 aliphatic heterocycles. The van der Waals surface area contributed by atoms with E-state index in [1.54, 1.807) is 18.2 Å². The number of halogens is 3. The summed E-state index contributed by atoms with van der Waals surface area (Å²) in [7, 11) is 0. The van der Waals surface area contributed by atoms with E-state index in [0.29, 0.717) is 27.8 Å². The Labute approximate surface area is 230 Å². The number of fused-ring (bicyclic) bond motifs is 1. The summed E-state index contributed by atoms with van der Waals surface area (Å²) in [4.78, 5) is 28.4. The SMILES string of the molecule is CC[C@@H](C(=O)NC1CCCC1)N(Cc1c(Cl)cccc1Cl)C(=O)COc1ccc2ccccc2c1Br. The molecular weight excluding hydrogens is 563 g/mol. The number of hydrogen-bond acceptors (Lipinski definition) is 3. The maximum absolute atomic E-state index is 13.6. The minimum Gasteiger partial charge on any atom is -0.483 e. The van der Waals surface area contributed by atoms with Crippen molar-refractivity contribution in [2.24, 2.45) is 0 Å². The highest BCUT2D eigenvalue weighted by Gasteiger charge is 2.31. The zero-order chi connectivity index (χ0) is 25.7. The molecule has 0 radical (unpaired) electrons. The lowest BCUT2D eigenvalue weighted by molar-refractivity contribution is -0.143. The molecule has 1 aliphatic rings. The molecule has 2 amide bonds. The van der Waals surface area contributed by atoms with Crippen molar-refractivity contribution in [3.63, 3.8) is 0 Å². The first-order chi connectivity index (χ1) is 17.4. The smallest absolute Gasteiger partial charge is 0.261 e.